The fraction of sp³-hybridized carbons (Fsp3) is 0.286. The Morgan fingerprint density at radius 1 is 1.07 bits per heavy atom. The number of halogens is 1. The molecule has 1 amide bonds. The molecule has 12 heteroatoms. The highest BCUT2D eigenvalue weighted by atomic mass is 35.5. The summed E-state index contributed by atoms with van der Waals surface area (Å²) < 4.78 is 27.7. The molecule has 0 saturated carbocycles. The summed E-state index contributed by atoms with van der Waals surface area (Å²) in [6.45, 7) is 3.15. The van der Waals surface area contributed by atoms with E-state index in [1.54, 1.807) is 34.0 Å². The molecule has 0 unspecified atom stereocenters. The maximum atomic E-state index is 13.1. The molecule has 1 N–H and O–H groups in total. The predicted molar refractivity (Wildman–Crippen MR) is 161 cm³/mol. The summed E-state index contributed by atoms with van der Waals surface area (Å²) in [6.07, 6.45) is 5.32. The van der Waals surface area contributed by atoms with E-state index in [-0.39, 0.29) is 15.6 Å². The van der Waals surface area contributed by atoms with E-state index in [2.05, 4.69) is 26.3 Å². The molecule has 1 aliphatic rings. The highest BCUT2D eigenvalue weighted by molar-refractivity contribution is 7.98. The van der Waals surface area contributed by atoms with Crippen LogP contribution in [0.5, 0.6) is 0 Å². The van der Waals surface area contributed by atoms with Crippen LogP contribution in [0.15, 0.2) is 70.2 Å². The second kappa shape index (κ2) is 12.8. The van der Waals surface area contributed by atoms with Gasteiger partial charge in [-0.15, -0.1) is 11.3 Å². The Labute approximate surface area is 247 Å². The third-order valence-electron chi connectivity index (χ3n) is 6.47. The lowest BCUT2D eigenvalue weighted by atomic mass is 10.2. The van der Waals surface area contributed by atoms with Crippen LogP contribution in [0.1, 0.15) is 47.3 Å². The zero-order valence-corrected chi connectivity index (χ0v) is 25.0. The monoisotopic (exact) mass is 613 g/mol. The quantitative estimate of drug-likeness (QED) is 0.175. The van der Waals surface area contributed by atoms with Crippen molar-refractivity contribution in [1.29, 1.82) is 0 Å². The van der Waals surface area contributed by atoms with Crippen molar-refractivity contribution in [3.8, 4) is 11.3 Å². The Bertz CT molecular complexity index is 1600. The first kappa shape index (κ1) is 28.7. The number of nitrogens with one attached hydrogen (secondary N) is 1. The Balaban J connectivity index is 1.24. The number of carbonyl (C=O) groups excluding carboxylic acids is 1. The average molecular weight is 614 g/mol. The van der Waals surface area contributed by atoms with Crippen molar-refractivity contribution in [3.05, 3.63) is 82.0 Å². The van der Waals surface area contributed by atoms with E-state index in [4.69, 9.17) is 11.6 Å². The van der Waals surface area contributed by atoms with E-state index in [0.717, 1.165) is 36.8 Å². The third kappa shape index (κ3) is 6.90. The first-order valence-corrected chi connectivity index (χ1v) is 16.6. The highest BCUT2D eigenvalue weighted by Crippen LogP contribution is 2.29. The number of hydrogen-bond acceptors (Lipinski definition) is 8. The van der Waals surface area contributed by atoms with E-state index in [1.807, 2.05) is 25.1 Å². The molecule has 0 spiro atoms. The molecule has 8 nitrogen and oxygen atoms in total. The van der Waals surface area contributed by atoms with Crippen molar-refractivity contribution >= 4 is 55.8 Å². The Morgan fingerprint density at radius 3 is 2.55 bits per heavy atom. The molecule has 1 fully saturated rings. The van der Waals surface area contributed by atoms with Gasteiger partial charge in [0.2, 0.25) is 10.0 Å². The summed E-state index contributed by atoms with van der Waals surface area (Å²) in [5.74, 6) is 0.183. The van der Waals surface area contributed by atoms with E-state index in [1.165, 1.54) is 34.9 Å². The zero-order valence-electron chi connectivity index (χ0n) is 21.8. The van der Waals surface area contributed by atoms with E-state index >= 15 is 0 Å². The topological polar surface area (TPSA) is 105 Å². The van der Waals surface area contributed by atoms with Crippen LogP contribution in [-0.2, 0) is 15.8 Å². The van der Waals surface area contributed by atoms with Crippen molar-refractivity contribution in [2.75, 3.05) is 18.4 Å². The van der Waals surface area contributed by atoms with Gasteiger partial charge >= 0.3 is 0 Å². The molecule has 208 valence electrons. The van der Waals surface area contributed by atoms with Gasteiger partial charge in [-0.1, -0.05) is 78.2 Å². The van der Waals surface area contributed by atoms with Crippen LogP contribution in [-0.4, -0.2) is 46.7 Å². The number of sulfonamides is 1. The van der Waals surface area contributed by atoms with Crippen LogP contribution < -0.4 is 5.32 Å². The number of aromatic nitrogens is 3. The minimum Gasteiger partial charge on any atom is -0.296 e. The number of nitrogens with zero attached hydrogens (tertiary/aromatic N) is 4. The smallest absolute Gasteiger partial charge is 0.277 e. The number of benzene rings is 2. The Kier molecular flexibility index (Phi) is 9.17. The lowest BCUT2D eigenvalue weighted by molar-refractivity contribution is 0.102. The number of thioether (sulfide) groups is 1. The number of hydrogen-bond donors (Lipinski definition) is 1. The molecule has 0 aliphatic carbocycles. The maximum Gasteiger partial charge on any atom is 0.277 e. The maximum absolute atomic E-state index is 13.1. The van der Waals surface area contributed by atoms with Gasteiger partial charge in [-0.25, -0.2) is 23.4 Å². The first-order chi connectivity index (χ1) is 19.3. The molecule has 1 aliphatic heterocycles. The van der Waals surface area contributed by atoms with Crippen LogP contribution >= 0.6 is 34.7 Å². The first-order valence-electron chi connectivity index (χ1n) is 12.9. The number of rotatable bonds is 8. The van der Waals surface area contributed by atoms with Gasteiger partial charge in [0.05, 0.1) is 21.8 Å². The fourth-order valence-corrected chi connectivity index (χ4v) is 7.55. The van der Waals surface area contributed by atoms with Gasteiger partial charge in [-0.2, -0.15) is 4.31 Å². The minimum absolute atomic E-state index is 0.0724. The van der Waals surface area contributed by atoms with Gasteiger partial charge < -0.3 is 0 Å². The summed E-state index contributed by atoms with van der Waals surface area (Å²) >= 11 is 8.93. The van der Waals surface area contributed by atoms with Crippen molar-refractivity contribution in [3.63, 3.8) is 0 Å². The Morgan fingerprint density at radius 2 is 1.82 bits per heavy atom. The molecule has 4 aromatic rings. The van der Waals surface area contributed by atoms with Crippen LogP contribution in [0.4, 0.5) is 5.13 Å². The van der Waals surface area contributed by atoms with Crippen LogP contribution in [0.2, 0.25) is 5.02 Å². The number of thiazole rings is 1. The second-order valence-electron chi connectivity index (χ2n) is 9.46. The van der Waals surface area contributed by atoms with Gasteiger partial charge in [0, 0.05) is 29.8 Å². The lowest BCUT2D eigenvalue weighted by Gasteiger charge is -2.19. The number of anilines is 1. The van der Waals surface area contributed by atoms with Crippen molar-refractivity contribution in [1.82, 2.24) is 19.3 Å². The molecule has 2 aromatic carbocycles. The molecular formula is C28H28ClN5O3S3. The van der Waals surface area contributed by atoms with Crippen LogP contribution in [0, 0.1) is 6.92 Å². The summed E-state index contributed by atoms with van der Waals surface area (Å²) in [5.41, 5.74) is 3.76. The molecule has 1 saturated heterocycles. The molecule has 3 heterocycles. The molecule has 2 aromatic heterocycles. The molecule has 0 radical (unpaired) electrons. The minimum atomic E-state index is -3.52. The fourth-order valence-electron chi connectivity index (χ4n) is 4.38. The SMILES string of the molecule is Cc1cccc(CSc2ncc(Cl)c(C(=O)Nc3nc(-c4ccc(S(=O)(=O)N5CCCCCC5)cc4)cs3)n2)c1. The predicted octanol–water partition coefficient (Wildman–Crippen LogP) is 6.67. The standard InChI is InChI=1S/C28H28ClN5O3S3/c1-19-7-6-8-20(15-19)17-38-27-30-16-23(29)25(32-27)26(35)33-28-31-24(18-39-28)21-9-11-22(12-10-21)40(36,37)34-13-4-2-3-5-14-34/h6-12,15-16,18H,2-5,13-14,17H2,1H3,(H,31,33,35). The summed E-state index contributed by atoms with van der Waals surface area (Å²) in [4.78, 5) is 26.4. The van der Waals surface area contributed by atoms with E-state index < -0.39 is 15.9 Å². The lowest BCUT2D eigenvalue weighted by Crippen LogP contribution is -2.31. The van der Waals surface area contributed by atoms with Crippen molar-refractivity contribution < 1.29 is 13.2 Å². The van der Waals surface area contributed by atoms with Gasteiger partial charge in [-0.3, -0.25) is 10.1 Å². The van der Waals surface area contributed by atoms with Crippen molar-refractivity contribution in [2.24, 2.45) is 0 Å². The van der Waals surface area contributed by atoms with Crippen LogP contribution in [0.3, 0.4) is 0 Å². The highest BCUT2D eigenvalue weighted by Gasteiger charge is 2.25. The molecule has 0 atom stereocenters. The Hall–Kier alpha value is -2.83. The van der Waals surface area contributed by atoms with Gasteiger partial charge in [0.25, 0.3) is 5.91 Å². The molecular weight excluding hydrogens is 586 g/mol. The molecule has 40 heavy (non-hydrogen) atoms. The third-order valence-corrected chi connectivity index (χ3v) is 10.3. The number of aryl methyl sites for hydroxylation is 1. The normalized spacial score (nSPS) is 14.6. The summed E-state index contributed by atoms with van der Waals surface area (Å²) in [7, 11) is -3.52. The van der Waals surface area contributed by atoms with Gasteiger partial charge in [-0.05, 0) is 37.5 Å². The number of amides is 1. The van der Waals surface area contributed by atoms with Crippen molar-refractivity contribution in [2.45, 2.75) is 48.4 Å². The summed E-state index contributed by atoms with van der Waals surface area (Å²) in [6, 6.07) is 14.9. The van der Waals surface area contributed by atoms with Gasteiger partial charge in [0.15, 0.2) is 16.0 Å². The van der Waals surface area contributed by atoms with Gasteiger partial charge in [0.1, 0.15) is 0 Å². The number of carbonyl (C=O) groups is 1. The van der Waals surface area contributed by atoms with E-state index in [9.17, 15) is 13.2 Å². The second-order valence-corrected chi connectivity index (χ2v) is 13.6. The molecule has 5 rings (SSSR count). The largest absolute Gasteiger partial charge is 0.296 e. The van der Waals surface area contributed by atoms with Crippen LogP contribution in [0.25, 0.3) is 11.3 Å². The zero-order chi connectivity index (χ0) is 28.1. The summed E-state index contributed by atoms with van der Waals surface area (Å²) in [5, 5.41) is 5.55. The molecule has 0 bridgehead atoms. The van der Waals surface area contributed by atoms with E-state index in [0.29, 0.717) is 34.8 Å². The average Bonchev–Trinajstić information content (AvgIpc) is 3.23.